The van der Waals surface area contributed by atoms with Crippen LogP contribution in [0.2, 0.25) is 0 Å². The molecule has 156 valence electrons. The van der Waals surface area contributed by atoms with E-state index in [0.29, 0.717) is 11.7 Å². The van der Waals surface area contributed by atoms with Gasteiger partial charge >= 0.3 is 0 Å². The van der Waals surface area contributed by atoms with E-state index < -0.39 is 0 Å². The predicted octanol–water partition coefficient (Wildman–Crippen LogP) is 4.43. The zero-order valence-corrected chi connectivity index (χ0v) is 17.6. The molecule has 4 aromatic rings. The van der Waals surface area contributed by atoms with Crippen LogP contribution in [0.1, 0.15) is 11.1 Å². The zero-order valence-electron chi connectivity index (χ0n) is 17.6. The second kappa shape index (κ2) is 8.70. The largest absolute Gasteiger partial charge is 0.353 e. The Morgan fingerprint density at radius 3 is 2.39 bits per heavy atom. The van der Waals surface area contributed by atoms with Gasteiger partial charge in [0.15, 0.2) is 0 Å². The molecule has 1 fully saturated rings. The molecule has 0 amide bonds. The maximum atomic E-state index is 5.65. The average molecular weight is 412 g/mol. The van der Waals surface area contributed by atoms with E-state index >= 15 is 0 Å². The number of rotatable bonds is 5. The van der Waals surface area contributed by atoms with E-state index in [1.807, 2.05) is 36.5 Å². The first kappa shape index (κ1) is 19.5. The average Bonchev–Trinajstić information content (AvgIpc) is 3.31. The number of aromatic nitrogens is 3. The smallest absolute Gasteiger partial charge is 0.261 e. The van der Waals surface area contributed by atoms with Crippen LogP contribution in [0, 0.1) is 6.92 Å². The lowest BCUT2D eigenvalue weighted by atomic mass is 10.1. The summed E-state index contributed by atoms with van der Waals surface area (Å²) in [6.45, 7) is 6.83. The summed E-state index contributed by atoms with van der Waals surface area (Å²) in [6.07, 6.45) is 1.83. The molecule has 1 aliphatic rings. The summed E-state index contributed by atoms with van der Waals surface area (Å²) in [4.78, 5) is 14.1. The van der Waals surface area contributed by atoms with E-state index in [1.165, 1.54) is 5.56 Å². The van der Waals surface area contributed by atoms with E-state index in [9.17, 15) is 0 Å². The highest BCUT2D eigenvalue weighted by Crippen LogP contribution is 2.30. The first-order chi connectivity index (χ1) is 15.3. The zero-order chi connectivity index (χ0) is 21.0. The summed E-state index contributed by atoms with van der Waals surface area (Å²) in [7, 11) is 0. The van der Waals surface area contributed by atoms with E-state index in [1.54, 1.807) is 0 Å². The Kier molecular flexibility index (Phi) is 5.46. The molecule has 0 aliphatic carbocycles. The number of hydrogen-bond donors (Lipinski definition) is 0. The second-order valence-electron chi connectivity index (χ2n) is 7.86. The maximum Gasteiger partial charge on any atom is 0.261 e. The SMILES string of the molecule is Cc1ccccc1-c1noc(-c2cccnc2N2CCN(Cc3ccccc3)CC2)n1. The number of hydrogen-bond acceptors (Lipinski definition) is 6. The van der Waals surface area contributed by atoms with E-state index in [2.05, 4.69) is 68.2 Å². The van der Waals surface area contributed by atoms with Crippen molar-refractivity contribution < 1.29 is 4.52 Å². The van der Waals surface area contributed by atoms with Crippen molar-refractivity contribution >= 4 is 5.82 Å². The monoisotopic (exact) mass is 411 g/mol. The van der Waals surface area contributed by atoms with Gasteiger partial charge in [-0.3, -0.25) is 4.90 Å². The third-order valence-electron chi connectivity index (χ3n) is 5.75. The van der Waals surface area contributed by atoms with Crippen molar-refractivity contribution in [2.45, 2.75) is 13.5 Å². The topological polar surface area (TPSA) is 58.3 Å². The molecule has 3 heterocycles. The Labute approximate surface area is 182 Å². The lowest BCUT2D eigenvalue weighted by Gasteiger charge is -2.35. The van der Waals surface area contributed by atoms with Crippen LogP contribution < -0.4 is 4.90 Å². The molecule has 2 aromatic carbocycles. The highest BCUT2D eigenvalue weighted by Gasteiger charge is 2.23. The normalized spacial score (nSPS) is 14.7. The number of aryl methyl sites for hydroxylation is 1. The van der Waals surface area contributed by atoms with Gasteiger partial charge in [-0.05, 0) is 30.2 Å². The number of piperazine rings is 1. The lowest BCUT2D eigenvalue weighted by Crippen LogP contribution is -2.46. The third kappa shape index (κ3) is 4.20. The predicted molar refractivity (Wildman–Crippen MR) is 122 cm³/mol. The third-order valence-corrected chi connectivity index (χ3v) is 5.75. The molecule has 0 saturated carbocycles. The van der Waals surface area contributed by atoms with Gasteiger partial charge in [-0.2, -0.15) is 4.98 Å². The minimum Gasteiger partial charge on any atom is -0.353 e. The summed E-state index contributed by atoms with van der Waals surface area (Å²) < 4.78 is 5.65. The molecular weight excluding hydrogens is 386 g/mol. The number of benzene rings is 2. The molecule has 0 bridgehead atoms. The maximum absolute atomic E-state index is 5.65. The van der Waals surface area contributed by atoms with Crippen molar-refractivity contribution in [1.29, 1.82) is 0 Å². The molecule has 5 rings (SSSR count). The van der Waals surface area contributed by atoms with Crippen molar-refractivity contribution in [2.75, 3.05) is 31.1 Å². The quantitative estimate of drug-likeness (QED) is 0.484. The number of anilines is 1. The summed E-state index contributed by atoms with van der Waals surface area (Å²) in [5.74, 6) is 2.02. The molecule has 2 aromatic heterocycles. The highest BCUT2D eigenvalue weighted by atomic mass is 16.5. The Hall–Kier alpha value is -3.51. The summed E-state index contributed by atoms with van der Waals surface area (Å²) in [6, 6.07) is 22.6. The van der Waals surface area contributed by atoms with Crippen LogP contribution in [0.15, 0.2) is 77.4 Å². The van der Waals surface area contributed by atoms with Gasteiger partial charge < -0.3 is 9.42 Å². The van der Waals surface area contributed by atoms with Crippen LogP contribution in [0.3, 0.4) is 0 Å². The first-order valence-corrected chi connectivity index (χ1v) is 10.6. The lowest BCUT2D eigenvalue weighted by molar-refractivity contribution is 0.249. The standard InChI is InChI=1S/C25H25N5O/c1-19-8-5-6-11-21(19)23-27-25(31-28-23)22-12-7-13-26-24(22)30-16-14-29(15-17-30)18-20-9-3-2-4-10-20/h2-13H,14-18H2,1H3. The van der Waals surface area contributed by atoms with Crippen molar-refractivity contribution in [1.82, 2.24) is 20.0 Å². The fraction of sp³-hybridized carbons (Fsp3) is 0.240. The molecule has 1 aliphatic heterocycles. The van der Waals surface area contributed by atoms with E-state index in [0.717, 1.165) is 55.2 Å². The van der Waals surface area contributed by atoms with Gasteiger partial charge in [0.2, 0.25) is 5.82 Å². The van der Waals surface area contributed by atoms with Gasteiger partial charge in [0.25, 0.3) is 5.89 Å². The van der Waals surface area contributed by atoms with Gasteiger partial charge in [-0.1, -0.05) is 59.8 Å². The Morgan fingerprint density at radius 1 is 0.839 bits per heavy atom. The Balaban J connectivity index is 1.33. The van der Waals surface area contributed by atoms with Crippen LogP contribution in [0.25, 0.3) is 22.8 Å². The first-order valence-electron chi connectivity index (χ1n) is 10.6. The Bertz CT molecular complexity index is 1150. The van der Waals surface area contributed by atoms with Crippen LogP contribution >= 0.6 is 0 Å². The summed E-state index contributed by atoms with van der Waals surface area (Å²) in [5.41, 5.74) is 4.34. The van der Waals surface area contributed by atoms with Crippen molar-refractivity contribution in [3.05, 3.63) is 84.1 Å². The van der Waals surface area contributed by atoms with Crippen molar-refractivity contribution in [3.63, 3.8) is 0 Å². The molecule has 6 heteroatoms. The molecule has 1 saturated heterocycles. The molecule has 0 N–H and O–H groups in total. The van der Waals surface area contributed by atoms with Crippen LogP contribution in [0.5, 0.6) is 0 Å². The molecule has 0 spiro atoms. The number of nitrogens with zero attached hydrogens (tertiary/aromatic N) is 5. The van der Waals surface area contributed by atoms with Crippen LogP contribution in [0.4, 0.5) is 5.82 Å². The molecule has 31 heavy (non-hydrogen) atoms. The molecule has 0 radical (unpaired) electrons. The molecule has 0 atom stereocenters. The van der Waals surface area contributed by atoms with Crippen molar-refractivity contribution in [3.8, 4) is 22.8 Å². The van der Waals surface area contributed by atoms with E-state index in [-0.39, 0.29) is 0 Å². The minimum absolute atomic E-state index is 0.507. The van der Waals surface area contributed by atoms with Crippen LogP contribution in [-0.2, 0) is 6.54 Å². The Morgan fingerprint density at radius 2 is 1.58 bits per heavy atom. The fourth-order valence-electron chi connectivity index (χ4n) is 4.04. The second-order valence-corrected chi connectivity index (χ2v) is 7.86. The van der Waals surface area contributed by atoms with Gasteiger partial charge in [0.1, 0.15) is 5.82 Å². The van der Waals surface area contributed by atoms with Gasteiger partial charge in [0, 0.05) is 44.5 Å². The molecule has 6 nitrogen and oxygen atoms in total. The molecule has 0 unspecified atom stereocenters. The summed E-state index contributed by atoms with van der Waals surface area (Å²) in [5, 5.41) is 4.23. The molecular formula is C25H25N5O. The summed E-state index contributed by atoms with van der Waals surface area (Å²) >= 11 is 0. The van der Waals surface area contributed by atoms with Gasteiger partial charge in [0.05, 0.1) is 5.56 Å². The van der Waals surface area contributed by atoms with Crippen LogP contribution in [-0.4, -0.2) is 46.2 Å². The van der Waals surface area contributed by atoms with Gasteiger partial charge in [-0.25, -0.2) is 4.98 Å². The highest BCUT2D eigenvalue weighted by molar-refractivity contribution is 5.71. The number of pyridine rings is 1. The van der Waals surface area contributed by atoms with E-state index in [4.69, 9.17) is 4.52 Å². The minimum atomic E-state index is 0.507. The van der Waals surface area contributed by atoms with Gasteiger partial charge in [-0.15, -0.1) is 0 Å². The van der Waals surface area contributed by atoms with Crippen molar-refractivity contribution in [2.24, 2.45) is 0 Å². The fourth-order valence-corrected chi connectivity index (χ4v) is 4.04.